The van der Waals surface area contributed by atoms with Crippen LogP contribution in [0.4, 0.5) is 5.82 Å². The predicted octanol–water partition coefficient (Wildman–Crippen LogP) is 4.05. The second kappa shape index (κ2) is 7.69. The van der Waals surface area contributed by atoms with Crippen LogP contribution in [0, 0.1) is 0 Å². The lowest BCUT2D eigenvalue weighted by Crippen LogP contribution is -2.02. The highest BCUT2D eigenvalue weighted by atomic mass is 32.1. The summed E-state index contributed by atoms with van der Waals surface area (Å²) in [7, 11) is 1.64. The normalized spacial score (nSPS) is 10.8. The molecular weight excluding hydrogens is 374 g/mol. The molecule has 0 amide bonds. The Morgan fingerprint density at radius 3 is 2.68 bits per heavy atom. The van der Waals surface area contributed by atoms with Crippen LogP contribution in [-0.4, -0.2) is 33.7 Å². The van der Waals surface area contributed by atoms with Crippen molar-refractivity contribution in [2.45, 2.75) is 6.92 Å². The van der Waals surface area contributed by atoms with E-state index in [1.807, 2.05) is 60.8 Å². The van der Waals surface area contributed by atoms with E-state index in [4.69, 9.17) is 15.2 Å². The van der Waals surface area contributed by atoms with Gasteiger partial charge in [0.05, 0.1) is 25.1 Å². The Balaban J connectivity index is 1.63. The van der Waals surface area contributed by atoms with Crippen LogP contribution >= 0.6 is 11.3 Å². The SMILES string of the molecule is CCOc1ccc(-n2nnc(-c3nc(-c4cccc(OC)c4)cs3)c2N)cc1. The Morgan fingerprint density at radius 1 is 1.11 bits per heavy atom. The van der Waals surface area contributed by atoms with Crippen LogP contribution in [0.25, 0.3) is 27.6 Å². The molecule has 0 bridgehead atoms. The summed E-state index contributed by atoms with van der Waals surface area (Å²) in [6, 6.07) is 15.3. The van der Waals surface area contributed by atoms with Gasteiger partial charge >= 0.3 is 0 Å². The van der Waals surface area contributed by atoms with E-state index < -0.39 is 0 Å². The number of anilines is 1. The molecule has 0 aliphatic carbocycles. The first kappa shape index (κ1) is 18.0. The van der Waals surface area contributed by atoms with Crippen molar-refractivity contribution in [2.75, 3.05) is 19.5 Å². The second-order valence-electron chi connectivity index (χ2n) is 5.93. The van der Waals surface area contributed by atoms with Gasteiger partial charge in [0, 0.05) is 10.9 Å². The number of rotatable bonds is 6. The van der Waals surface area contributed by atoms with Gasteiger partial charge in [-0.3, -0.25) is 0 Å². The maximum Gasteiger partial charge on any atom is 0.165 e. The lowest BCUT2D eigenvalue weighted by Gasteiger charge is -2.05. The molecule has 0 fully saturated rings. The molecule has 0 spiro atoms. The first-order valence-corrected chi connectivity index (χ1v) is 9.62. The van der Waals surface area contributed by atoms with Gasteiger partial charge in [-0.05, 0) is 43.3 Å². The van der Waals surface area contributed by atoms with Gasteiger partial charge in [-0.2, -0.15) is 4.68 Å². The van der Waals surface area contributed by atoms with Crippen molar-refractivity contribution in [1.29, 1.82) is 0 Å². The van der Waals surface area contributed by atoms with E-state index in [1.165, 1.54) is 11.3 Å². The Hall–Kier alpha value is -3.39. The molecule has 0 aliphatic rings. The second-order valence-corrected chi connectivity index (χ2v) is 6.79. The summed E-state index contributed by atoms with van der Waals surface area (Å²) in [5.41, 5.74) is 9.50. The van der Waals surface area contributed by atoms with Crippen molar-refractivity contribution in [3.05, 3.63) is 53.9 Å². The number of aromatic nitrogens is 4. The molecule has 2 aromatic carbocycles. The molecule has 2 N–H and O–H groups in total. The molecule has 7 nitrogen and oxygen atoms in total. The summed E-state index contributed by atoms with van der Waals surface area (Å²) < 4.78 is 12.3. The third-order valence-corrected chi connectivity index (χ3v) is 5.02. The van der Waals surface area contributed by atoms with Gasteiger partial charge in [0.15, 0.2) is 11.5 Å². The summed E-state index contributed by atoms with van der Waals surface area (Å²) in [5, 5.41) is 11.1. The fourth-order valence-corrected chi connectivity index (χ4v) is 3.60. The third-order valence-electron chi connectivity index (χ3n) is 4.17. The molecular formula is C20H19N5O2S. The molecule has 28 heavy (non-hydrogen) atoms. The number of nitrogens with zero attached hydrogens (tertiary/aromatic N) is 4. The van der Waals surface area contributed by atoms with Crippen LogP contribution in [0.2, 0.25) is 0 Å². The number of hydrogen-bond donors (Lipinski definition) is 1. The maximum atomic E-state index is 6.31. The largest absolute Gasteiger partial charge is 0.497 e. The Morgan fingerprint density at radius 2 is 1.93 bits per heavy atom. The van der Waals surface area contributed by atoms with E-state index in [0.717, 1.165) is 28.4 Å². The van der Waals surface area contributed by atoms with E-state index >= 15 is 0 Å². The maximum absolute atomic E-state index is 6.31. The summed E-state index contributed by atoms with van der Waals surface area (Å²) >= 11 is 1.47. The lowest BCUT2D eigenvalue weighted by molar-refractivity contribution is 0.340. The first-order valence-electron chi connectivity index (χ1n) is 8.74. The lowest BCUT2D eigenvalue weighted by atomic mass is 10.2. The van der Waals surface area contributed by atoms with Crippen molar-refractivity contribution >= 4 is 17.2 Å². The standard InChI is InChI=1S/C20H19N5O2S/c1-3-27-15-9-7-14(8-10-15)25-19(21)18(23-24-25)20-22-17(12-28-20)13-5-4-6-16(11-13)26-2/h4-12H,3,21H2,1-2H3. The molecule has 8 heteroatoms. The summed E-state index contributed by atoms with van der Waals surface area (Å²) in [4.78, 5) is 4.68. The Bertz CT molecular complexity index is 1090. The smallest absolute Gasteiger partial charge is 0.165 e. The van der Waals surface area contributed by atoms with E-state index in [0.29, 0.717) is 23.1 Å². The highest BCUT2D eigenvalue weighted by molar-refractivity contribution is 7.13. The van der Waals surface area contributed by atoms with Crippen LogP contribution in [0.1, 0.15) is 6.92 Å². The van der Waals surface area contributed by atoms with Crippen molar-refractivity contribution < 1.29 is 9.47 Å². The van der Waals surface area contributed by atoms with Crippen molar-refractivity contribution in [1.82, 2.24) is 20.0 Å². The molecule has 0 unspecified atom stereocenters. The van der Waals surface area contributed by atoms with Gasteiger partial charge in [-0.25, -0.2) is 4.98 Å². The van der Waals surface area contributed by atoms with Gasteiger partial charge in [-0.15, -0.1) is 16.4 Å². The van der Waals surface area contributed by atoms with Gasteiger partial charge < -0.3 is 15.2 Å². The van der Waals surface area contributed by atoms with E-state index in [1.54, 1.807) is 11.8 Å². The van der Waals surface area contributed by atoms with E-state index in [-0.39, 0.29) is 0 Å². The van der Waals surface area contributed by atoms with Crippen LogP contribution in [-0.2, 0) is 0 Å². The van der Waals surface area contributed by atoms with Gasteiger partial charge in [-0.1, -0.05) is 17.3 Å². The van der Waals surface area contributed by atoms with Crippen LogP contribution in [0.15, 0.2) is 53.9 Å². The Kier molecular flexibility index (Phi) is 4.94. The number of ether oxygens (including phenoxy) is 2. The van der Waals surface area contributed by atoms with Crippen molar-refractivity contribution in [2.24, 2.45) is 0 Å². The third kappa shape index (κ3) is 3.41. The number of nitrogen functional groups attached to an aromatic ring is 1. The average Bonchev–Trinajstić information content (AvgIpc) is 3.36. The minimum Gasteiger partial charge on any atom is -0.497 e. The fourth-order valence-electron chi connectivity index (χ4n) is 2.78. The minimum atomic E-state index is 0.440. The summed E-state index contributed by atoms with van der Waals surface area (Å²) in [6.45, 7) is 2.57. The zero-order valence-corrected chi connectivity index (χ0v) is 16.3. The number of hydrogen-bond acceptors (Lipinski definition) is 7. The fraction of sp³-hybridized carbons (Fsp3) is 0.150. The Labute approximate surface area is 166 Å². The number of benzene rings is 2. The predicted molar refractivity (Wildman–Crippen MR) is 110 cm³/mol. The van der Waals surface area contributed by atoms with Gasteiger partial charge in [0.1, 0.15) is 16.5 Å². The molecule has 0 atom stereocenters. The van der Waals surface area contributed by atoms with Gasteiger partial charge in [0.25, 0.3) is 0 Å². The van der Waals surface area contributed by atoms with E-state index in [2.05, 4.69) is 15.3 Å². The highest BCUT2D eigenvalue weighted by Gasteiger charge is 2.17. The van der Waals surface area contributed by atoms with Crippen LogP contribution in [0.3, 0.4) is 0 Å². The quantitative estimate of drug-likeness (QED) is 0.532. The summed E-state index contributed by atoms with van der Waals surface area (Å²) in [6.07, 6.45) is 0. The number of nitrogens with two attached hydrogens (primary N) is 1. The van der Waals surface area contributed by atoms with Crippen LogP contribution in [0.5, 0.6) is 11.5 Å². The molecule has 0 aliphatic heterocycles. The molecule has 2 heterocycles. The van der Waals surface area contributed by atoms with Gasteiger partial charge in [0.2, 0.25) is 0 Å². The molecule has 0 saturated heterocycles. The topological polar surface area (TPSA) is 88.1 Å². The number of methoxy groups -OCH3 is 1. The summed E-state index contributed by atoms with van der Waals surface area (Å²) in [5.74, 6) is 2.02. The first-order chi connectivity index (χ1) is 13.7. The molecule has 4 rings (SSSR count). The molecule has 142 valence electrons. The molecule has 0 radical (unpaired) electrons. The van der Waals surface area contributed by atoms with E-state index in [9.17, 15) is 0 Å². The van der Waals surface area contributed by atoms with Crippen molar-refractivity contribution in [3.8, 4) is 39.1 Å². The van der Waals surface area contributed by atoms with Crippen molar-refractivity contribution in [3.63, 3.8) is 0 Å². The minimum absolute atomic E-state index is 0.440. The monoisotopic (exact) mass is 393 g/mol. The number of thiazole rings is 1. The highest BCUT2D eigenvalue weighted by Crippen LogP contribution is 2.32. The molecule has 4 aromatic rings. The average molecular weight is 393 g/mol. The molecule has 2 aromatic heterocycles. The zero-order chi connectivity index (χ0) is 19.5. The molecule has 0 saturated carbocycles. The zero-order valence-electron chi connectivity index (χ0n) is 15.5. The van der Waals surface area contributed by atoms with Crippen LogP contribution < -0.4 is 15.2 Å².